The molecule has 8 heteroatoms. The lowest BCUT2D eigenvalue weighted by molar-refractivity contribution is 0.305. The predicted molar refractivity (Wildman–Crippen MR) is 155 cm³/mol. The van der Waals surface area contributed by atoms with E-state index in [1.807, 2.05) is 30.3 Å². The highest BCUT2D eigenvalue weighted by molar-refractivity contribution is 6.30. The van der Waals surface area contributed by atoms with Gasteiger partial charge in [-0.15, -0.1) is 24.8 Å². The van der Waals surface area contributed by atoms with Crippen LogP contribution in [0.1, 0.15) is 42.5 Å². The van der Waals surface area contributed by atoms with Gasteiger partial charge in [-0.25, -0.2) is 0 Å². The molecule has 0 fully saturated rings. The van der Waals surface area contributed by atoms with Gasteiger partial charge in [0.05, 0.1) is 0 Å². The highest BCUT2D eigenvalue weighted by Crippen LogP contribution is 2.27. The molecule has 0 aliphatic heterocycles. The monoisotopic (exact) mass is 549 g/mol. The zero-order chi connectivity index (χ0) is 23.9. The lowest BCUT2D eigenvalue weighted by Crippen LogP contribution is -2.31. The summed E-state index contributed by atoms with van der Waals surface area (Å²) >= 11 is 5.92. The van der Waals surface area contributed by atoms with Crippen LogP contribution in [0.25, 0.3) is 11.8 Å². The van der Waals surface area contributed by atoms with Crippen molar-refractivity contribution in [3.63, 3.8) is 0 Å². The number of hydrogen-bond donors (Lipinski definition) is 2. The topological polar surface area (TPSA) is 55.3 Å². The van der Waals surface area contributed by atoms with Gasteiger partial charge < -0.3 is 15.4 Å². The van der Waals surface area contributed by atoms with Gasteiger partial charge in [0.15, 0.2) is 0 Å². The number of ether oxygens (including phenoxy) is 1. The van der Waals surface area contributed by atoms with Crippen LogP contribution in [0.2, 0.25) is 5.02 Å². The first-order valence-electron chi connectivity index (χ1n) is 11.8. The molecule has 0 spiro atoms. The molecule has 0 atom stereocenters. The van der Waals surface area contributed by atoms with Crippen LogP contribution in [-0.4, -0.2) is 23.7 Å². The zero-order valence-electron chi connectivity index (χ0n) is 20.6. The number of fused-ring (bicyclic) bond motifs is 1. The Labute approximate surface area is 230 Å². The minimum Gasteiger partial charge on any atom is -0.489 e. The SMILES string of the molecule is CC(C)NCCNCc1ccc2c(c1)CCC(n1ccc(OCc3ccc(Cl)cc3)cc1=O)=C2.Cl.Cl. The van der Waals surface area contributed by atoms with Crippen LogP contribution in [0.3, 0.4) is 0 Å². The smallest absolute Gasteiger partial charge is 0.258 e. The van der Waals surface area contributed by atoms with Gasteiger partial charge in [0.25, 0.3) is 5.56 Å². The number of hydrogen-bond acceptors (Lipinski definition) is 4. The van der Waals surface area contributed by atoms with Crippen molar-refractivity contribution in [2.75, 3.05) is 13.1 Å². The molecule has 2 aromatic carbocycles. The Morgan fingerprint density at radius 1 is 0.972 bits per heavy atom. The van der Waals surface area contributed by atoms with Crippen molar-refractivity contribution in [2.45, 2.75) is 45.9 Å². The van der Waals surface area contributed by atoms with Crippen LogP contribution in [0.4, 0.5) is 0 Å². The highest BCUT2D eigenvalue weighted by atomic mass is 35.5. The molecule has 0 radical (unpaired) electrons. The fourth-order valence-electron chi connectivity index (χ4n) is 4.05. The van der Waals surface area contributed by atoms with E-state index in [4.69, 9.17) is 16.3 Å². The van der Waals surface area contributed by atoms with Crippen molar-refractivity contribution in [1.29, 1.82) is 0 Å². The number of rotatable bonds is 10. The first-order chi connectivity index (χ1) is 16.5. The van der Waals surface area contributed by atoms with E-state index < -0.39 is 0 Å². The molecular formula is C28H34Cl3N3O2. The Morgan fingerprint density at radius 2 is 1.72 bits per heavy atom. The number of aryl methyl sites for hydroxylation is 1. The van der Waals surface area contributed by atoms with Crippen LogP contribution < -0.4 is 20.9 Å². The molecule has 1 heterocycles. The van der Waals surface area contributed by atoms with Gasteiger partial charge in [0.2, 0.25) is 0 Å². The lowest BCUT2D eigenvalue weighted by atomic mass is 9.93. The van der Waals surface area contributed by atoms with E-state index in [0.717, 1.165) is 43.7 Å². The van der Waals surface area contributed by atoms with Gasteiger partial charge in [-0.05, 0) is 59.4 Å². The fraction of sp³-hybridized carbons (Fsp3) is 0.321. The van der Waals surface area contributed by atoms with Crippen molar-refractivity contribution in [3.8, 4) is 5.75 Å². The maximum Gasteiger partial charge on any atom is 0.258 e. The van der Waals surface area contributed by atoms with E-state index >= 15 is 0 Å². The number of aromatic nitrogens is 1. The summed E-state index contributed by atoms with van der Waals surface area (Å²) in [5.41, 5.74) is 5.73. The molecule has 1 aliphatic rings. The Hall–Kier alpha value is -2.28. The summed E-state index contributed by atoms with van der Waals surface area (Å²) in [5, 5.41) is 7.60. The second-order valence-electron chi connectivity index (χ2n) is 8.94. The average molecular weight is 551 g/mol. The maximum absolute atomic E-state index is 12.8. The number of halogens is 3. The van der Waals surface area contributed by atoms with E-state index in [9.17, 15) is 4.79 Å². The van der Waals surface area contributed by atoms with E-state index in [1.54, 1.807) is 16.8 Å². The third kappa shape index (κ3) is 8.39. The van der Waals surface area contributed by atoms with Crippen molar-refractivity contribution >= 4 is 48.2 Å². The second kappa shape index (κ2) is 14.5. The molecule has 3 aromatic rings. The molecule has 0 bridgehead atoms. The van der Waals surface area contributed by atoms with Crippen LogP contribution in [-0.2, 0) is 19.6 Å². The third-order valence-electron chi connectivity index (χ3n) is 5.88. The number of benzene rings is 2. The summed E-state index contributed by atoms with van der Waals surface area (Å²) in [4.78, 5) is 12.8. The molecule has 0 unspecified atom stereocenters. The quantitative estimate of drug-likeness (QED) is 0.306. The minimum atomic E-state index is -0.0841. The number of allylic oxidation sites excluding steroid dienone is 1. The molecule has 4 rings (SSSR count). The first kappa shape index (κ1) is 29.9. The summed E-state index contributed by atoms with van der Waals surface area (Å²) in [6.07, 6.45) is 5.68. The van der Waals surface area contributed by atoms with Crippen LogP contribution in [0.15, 0.2) is 65.6 Å². The van der Waals surface area contributed by atoms with E-state index in [1.165, 1.54) is 16.7 Å². The summed E-state index contributed by atoms with van der Waals surface area (Å²) in [7, 11) is 0. The molecule has 1 aliphatic carbocycles. The van der Waals surface area contributed by atoms with Gasteiger partial charge in [-0.1, -0.05) is 55.8 Å². The second-order valence-corrected chi connectivity index (χ2v) is 9.38. The average Bonchev–Trinajstić information content (AvgIpc) is 2.83. The van der Waals surface area contributed by atoms with Gasteiger partial charge in [0, 0.05) is 48.7 Å². The van der Waals surface area contributed by atoms with Crippen LogP contribution >= 0.6 is 36.4 Å². The molecule has 1 aromatic heterocycles. The van der Waals surface area contributed by atoms with E-state index in [2.05, 4.69) is 48.8 Å². The largest absolute Gasteiger partial charge is 0.489 e. The highest BCUT2D eigenvalue weighted by Gasteiger charge is 2.14. The molecule has 2 N–H and O–H groups in total. The predicted octanol–water partition coefficient (Wildman–Crippen LogP) is 5.96. The summed E-state index contributed by atoms with van der Waals surface area (Å²) in [6.45, 7) is 7.48. The van der Waals surface area contributed by atoms with Crippen LogP contribution in [0, 0.1) is 0 Å². The molecule has 0 amide bonds. The Balaban J connectivity index is 0.00000228. The zero-order valence-corrected chi connectivity index (χ0v) is 23.0. The first-order valence-corrected chi connectivity index (χ1v) is 12.2. The summed E-state index contributed by atoms with van der Waals surface area (Å²) in [6, 6.07) is 18.0. The molecule has 36 heavy (non-hydrogen) atoms. The van der Waals surface area contributed by atoms with Gasteiger partial charge in [-0.3, -0.25) is 9.36 Å². The van der Waals surface area contributed by atoms with Crippen molar-refractivity contribution < 1.29 is 4.74 Å². The van der Waals surface area contributed by atoms with Gasteiger partial charge >= 0.3 is 0 Å². The standard InChI is InChI=1S/C28H32ClN3O2.2ClH/c1-20(2)31-13-12-30-18-22-3-6-24-16-26(10-7-23(24)15-22)32-14-11-27(17-28(32)33)34-19-21-4-8-25(29)9-5-21;;/h3-6,8-9,11,14-17,20,30-31H,7,10,12-13,18-19H2,1-2H3;2*1H. The van der Waals surface area contributed by atoms with Gasteiger partial charge in [-0.2, -0.15) is 0 Å². The Morgan fingerprint density at radius 3 is 2.44 bits per heavy atom. The summed E-state index contributed by atoms with van der Waals surface area (Å²) in [5.74, 6) is 0.564. The van der Waals surface area contributed by atoms with Crippen molar-refractivity contribution in [2.24, 2.45) is 0 Å². The normalized spacial score (nSPS) is 12.3. The molecule has 0 saturated carbocycles. The lowest BCUT2D eigenvalue weighted by Gasteiger charge is -2.19. The van der Waals surface area contributed by atoms with Crippen molar-refractivity contribution in [1.82, 2.24) is 15.2 Å². The van der Waals surface area contributed by atoms with E-state index in [0.29, 0.717) is 23.4 Å². The van der Waals surface area contributed by atoms with Gasteiger partial charge in [0.1, 0.15) is 12.4 Å². The molecular weight excluding hydrogens is 517 g/mol. The molecule has 194 valence electrons. The fourth-order valence-corrected chi connectivity index (χ4v) is 4.17. The molecule has 5 nitrogen and oxygen atoms in total. The van der Waals surface area contributed by atoms with Crippen LogP contribution in [0.5, 0.6) is 5.75 Å². The van der Waals surface area contributed by atoms with E-state index in [-0.39, 0.29) is 30.4 Å². The minimum absolute atomic E-state index is 0. The number of pyridine rings is 1. The third-order valence-corrected chi connectivity index (χ3v) is 6.13. The summed E-state index contributed by atoms with van der Waals surface area (Å²) < 4.78 is 7.52. The maximum atomic E-state index is 12.8. The Kier molecular flexibility index (Phi) is 12.0. The Bertz CT molecular complexity index is 1210. The number of nitrogens with zero attached hydrogens (tertiary/aromatic N) is 1. The molecule has 0 saturated heterocycles. The number of nitrogens with one attached hydrogen (secondary N) is 2. The van der Waals surface area contributed by atoms with Crippen molar-refractivity contribution in [3.05, 3.63) is 98.4 Å².